The van der Waals surface area contributed by atoms with Crippen LogP contribution in [0.2, 0.25) is 0 Å². The molecule has 0 spiro atoms. The Labute approximate surface area is 119 Å². The highest BCUT2D eigenvalue weighted by atomic mass is 14.7. The first-order valence-corrected chi connectivity index (χ1v) is 7.85. The van der Waals surface area contributed by atoms with Gasteiger partial charge in [0.1, 0.15) is 0 Å². The van der Waals surface area contributed by atoms with Gasteiger partial charge in [-0.3, -0.25) is 4.98 Å². The predicted octanol–water partition coefficient (Wildman–Crippen LogP) is 5.55. The average molecular weight is 261 g/mol. The van der Waals surface area contributed by atoms with E-state index in [1.54, 1.807) is 0 Å². The van der Waals surface area contributed by atoms with Gasteiger partial charge in [0.05, 0.1) is 0 Å². The summed E-state index contributed by atoms with van der Waals surface area (Å²) in [5.41, 5.74) is 4.39. The number of pyridine rings is 1. The quantitative estimate of drug-likeness (QED) is 0.654. The molecule has 0 amide bonds. The zero-order valence-corrected chi connectivity index (χ0v) is 13.9. The Kier molecular flexibility index (Phi) is 5.18. The van der Waals surface area contributed by atoms with Crippen molar-refractivity contribution in [1.82, 2.24) is 4.98 Å². The lowest BCUT2D eigenvalue weighted by Crippen LogP contribution is -2.25. The lowest BCUT2D eigenvalue weighted by Gasteiger charge is -2.31. The fourth-order valence-corrected chi connectivity index (χ4v) is 2.78. The Bertz CT molecular complexity index is 412. The van der Waals surface area contributed by atoms with E-state index < -0.39 is 0 Å². The van der Waals surface area contributed by atoms with Crippen molar-refractivity contribution in [2.75, 3.05) is 0 Å². The number of aryl methyl sites for hydroxylation is 1. The molecule has 0 aliphatic rings. The molecule has 0 unspecified atom stereocenters. The van der Waals surface area contributed by atoms with E-state index in [4.69, 9.17) is 4.98 Å². The molecule has 19 heavy (non-hydrogen) atoms. The van der Waals surface area contributed by atoms with Gasteiger partial charge >= 0.3 is 0 Å². The molecule has 0 aliphatic carbocycles. The molecule has 1 nitrogen and oxygen atoms in total. The van der Waals surface area contributed by atoms with E-state index in [0.29, 0.717) is 0 Å². The molecule has 0 aliphatic heterocycles. The molecule has 0 aromatic carbocycles. The fraction of sp³-hybridized carbons (Fsp3) is 0.722. The summed E-state index contributed by atoms with van der Waals surface area (Å²) in [5, 5.41) is 0. The minimum atomic E-state index is 0.220. The van der Waals surface area contributed by atoms with Crippen LogP contribution in [-0.2, 0) is 10.8 Å². The van der Waals surface area contributed by atoms with E-state index in [2.05, 4.69) is 60.6 Å². The van der Waals surface area contributed by atoms with Crippen LogP contribution in [-0.4, -0.2) is 4.98 Å². The summed E-state index contributed by atoms with van der Waals surface area (Å²) >= 11 is 0. The Morgan fingerprint density at radius 1 is 0.842 bits per heavy atom. The van der Waals surface area contributed by atoms with E-state index in [9.17, 15) is 0 Å². The van der Waals surface area contributed by atoms with E-state index in [0.717, 1.165) is 12.8 Å². The second-order valence-corrected chi connectivity index (χ2v) is 6.36. The third kappa shape index (κ3) is 3.01. The standard InChI is InChI=1S/C18H31N/c1-8-17(6,9-2)15-12-13-16(19-14(15)5)18(7,10-3)11-4/h12-13H,8-11H2,1-7H3. The highest BCUT2D eigenvalue weighted by Gasteiger charge is 2.28. The first-order chi connectivity index (χ1) is 8.86. The summed E-state index contributed by atoms with van der Waals surface area (Å²) in [6.07, 6.45) is 4.64. The molecular weight excluding hydrogens is 230 g/mol. The smallest absolute Gasteiger partial charge is 0.0465 e. The molecule has 1 aromatic heterocycles. The van der Waals surface area contributed by atoms with E-state index in [-0.39, 0.29) is 10.8 Å². The van der Waals surface area contributed by atoms with E-state index >= 15 is 0 Å². The predicted molar refractivity (Wildman–Crippen MR) is 84.8 cm³/mol. The van der Waals surface area contributed by atoms with Crippen molar-refractivity contribution in [2.45, 2.75) is 85.0 Å². The number of hydrogen-bond acceptors (Lipinski definition) is 1. The van der Waals surface area contributed by atoms with Crippen LogP contribution in [0.15, 0.2) is 12.1 Å². The minimum Gasteiger partial charge on any atom is -0.257 e. The van der Waals surface area contributed by atoms with Crippen molar-refractivity contribution in [3.05, 3.63) is 29.1 Å². The lowest BCUT2D eigenvalue weighted by atomic mass is 9.75. The third-order valence-electron chi connectivity index (χ3n) is 5.48. The van der Waals surface area contributed by atoms with Gasteiger partial charge in [-0.05, 0) is 49.7 Å². The summed E-state index contributed by atoms with van der Waals surface area (Å²) in [6.45, 7) is 15.9. The molecule has 108 valence electrons. The van der Waals surface area contributed by atoms with Gasteiger partial charge < -0.3 is 0 Å². The third-order valence-corrected chi connectivity index (χ3v) is 5.48. The normalized spacial score (nSPS) is 12.8. The van der Waals surface area contributed by atoms with E-state index in [1.807, 2.05) is 0 Å². The van der Waals surface area contributed by atoms with Gasteiger partial charge in [-0.2, -0.15) is 0 Å². The van der Waals surface area contributed by atoms with Gasteiger partial charge in [-0.15, -0.1) is 0 Å². The SMILES string of the molecule is CCC(C)(CC)c1ccc(C(C)(CC)CC)c(C)n1. The Hall–Kier alpha value is -0.850. The first-order valence-electron chi connectivity index (χ1n) is 7.85. The van der Waals surface area contributed by atoms with Crippen molar-refractivity contribution in [3.8, 4) is 0 Å². The molecule has 1 aromatic rings. The number of rotatable bonds is 6. The Morgan fingerprint density at radius 2 is 1.32 bits per heavy atom. The molecular formula is C18H31N. The molecule has 0 saturated carbocycles. The molecule has 0 fully saturated rings. The second kappa shape index (κ2) is 6.07. The van der Waals surface area contributed by atoms with Crippen LogP contribution in [0.1, 0.15) is 84.2 Å². The first kappa shape index (κ1) is 16.2. The summed E-state index contributed by atoms with van der Waals surface area (Å²) in [6, 6.07) is 4.59. The molecule has 0 bridgehead atoms. The summed E-state index contributed by atoms with van der Waals surface area (Å²) in [7, 11) is 0. The second-order valence-electron chi connectivity index (χ2n) is 6.36. The maximum Gasteiger partial charge on any atom is 0.0465 e. The van der Waals surface area contributed by atoms with Gasteiger partial charge in [0.2, 0.25) is 0 Å². The molecule has 1 rings (SSSR count). The topological polar surface area (TPSA) is 12.9 Å². The molecule has 0 radical (unpaired) electrons. The molecule has 1 heteroatoms. The summed E-state index contributed by atoms with van der Waals surface area (Å²) in [5.74, 6) is 0. The van der Waals surface area contributed by atoms with Gasteiger partial charge in [0.15, 0.2) is 0 Å². The van der Waals surface area contributed by atoms with Crippen molar-refractivity contribution in [3.63, 3.8) is 0 Å². The molecule has 1 heterocycles. The summed E-state index contributed by atoms with van der Waals surface area (Å²) in [4.78, 5) is 4.95. The zero-order chi connectivity index (χ0) is 14.7. The highest BCUT2D eigenvalue weighted by molar-refractivity contribution is 5.32. The van der Waals surface area contributed by atoms with Gasteiger partial charge in [0, 0.05) is 16.8 Å². The van der Waals surface area contributed by atoms with Crippen LogP contribution < -0.4 is 0 Å². The zero-order valence-electron chi connectivity index (χ0n) is 13.9. The van der Waals surface area contributed by atoms with Crippen molar-refractivity contribution in [2.24, 2.45) is 0 Å². The van der Waals surface area contributed by atoms with Crippen LogP contribution in [0.5, 0.6) is 0 Å². The van der Waals surface area contributed by atoms with Crippen molar-refractivity contribution >= 4 is 0 Å². The van der Waals surface area contributed by atoms with Crippen LogP contribution in [0.3, 0.4) is 0 Å². The van der Waals surface area contributed by atoms with Gasteiger partial charge in [-0.25, -0.2) is 0 Å². The lowest BCUT2D eigenvalue weighted by molar-refractivity contribution is 0.415. The summed E-state index contributed by atoms with van der Waals surface area (Å²) < 4.78 is 0. The highest BCUT2D eigenvalue weighted by Crippen LogP contribution is 2.35. The maximum absolute atomic E-state index is 4.95. The number of nitrogens with zero attached hydrogens (tertiary/aromatic N) is 1. The van der Waals surface area contributed by atoms with Crippen LogP contribution >= 0.6 is 0 Å². The molecule has 0 N–H and O–H groups in total. The van der Waals surface area contributed by atoms with E-state index in [1.165, 1.54) is 29.8 Å². The monoisotopic (exact) mass is 261 g/mol. The van der Waals surface area contributed by atoms with Crippen LogP contribution in [0.4, 0.5) is 0 Å². The van der Waals surface area contributed by atoms with Gasteiger partial charge in [-0.1, -0.05) is 47.6 Å². The van der Waals surface area contributed by atoms with Crippen LogP contribution in [0, 0.1) is 6.92 Å². The maximum atomic E-state index is 4.95. The fourth-order valence-electron chi connectivity index (χ4n) is 2.78. The Balaban J connectivity index is 3.25. The minimum absolute atomic E-state index is 0.220. The van der Waals surface area contributed by atoms with Crippen molar-refractivity contribution in [1.29, 1.82) is 0 Å². The molecule has 0 atom stereocenters. The number of hydrogen-bond donors (Lipinski definition) is 0. The largest absolute Gasteiger partial charge is 0.257 e. The Morgan fingerprint density at radius 3 is 1.68 bits per heavy atom. The molecule has 0 saturated heterocycles. The average Bonchev–Trinajstić information content (AvgIpc) is 2.45. The number of aromatic nitrogens is 1. The van der Waals surface area contributed by atoms with Crippen molar-refractivity contribution < 1.29 is 0 Å². The van der Waals surface area contributed by atoms with Crippen LogP contribution in [0.25, 0.3) is 0 Å². The van der Waals surface area contributed by atoms with Gasteiger partial charge in [0.25, 0.3) is 0 Å².